The predicted molar refractivity (Wildman–Crippen MR) is 145 cm³/mol. The molecule has 0 bridgehead atoms. The minimum atomic E-state index is -0.629. The highest BCUT2D eigenvalue weighted by Gasteiger charge is 2.33. The molecule has 0 saturated heterocycles. The Kier molecular flexibility index (Phi) is 10.6. The average Bonchev–Trinajstić information content (AvgIpc) is 2.83. The van der Waals surface area contributed by atoms with E-state index in [1.807, 2.05) is 22.8 Å². The second-order valence-electron chi connectivity index (χ2n) is 9.91. The Morgan fingerprint density at radius 1 is 1.14 bits per heavy atom. The third kappa shape index (κ3) is 6.31. The maximum atomic E-state index is 13.3. The van der Waals surface area contributed by atoms with Gasteiger partial charge in [0, 0.05) is 54.8 Å². The first-order valence-electron chi connectivity index (χ1n) is 12.7. The van der Waals surface area contributed by atoms with Crippen LogP contribution < -0.4 is 5.43 Å². The van der Waals surface area contributed by atoms with Gasteiger partial charge in [-0.3, -0.25) is 10.2 Å². The molecule has 1 heterocycles. The molecule has 0 aromatic carbocycles. The fourth-order valence-electron chi connectivity index (χ4n) is 4.94. The quantitative estimate of drug-likeness (QED) is 0.378. The number of rotatable bonds is 12. The maximum Gasteiger partial charge on any atom is 0.343 e. The fourth-order valence-corrected chi connectivity index (χ4v) is 4.94. The first-order chi connectivity index (χ1) is 17.1. The number of methoxy groups -OCH3 is 2. The van der Waals surface area contributed by atoms with E-state index < -0.39 is 5.97 Å². The van der Waals surface area contributed by atoms with Crippen LogP contribution in [0.15, 0.2) is 46.4 Å². The molecule has 198 valence electrons. The lowest BCUT2D eigenvalue weighted by Gasteiger charge is -2.38. The zero-order chi connectivity index (χ0) is 27.0. The number of hydrogen-bond donors (Lipinski definition) is 1. The summed E-state index contributed by atoms with van der Waals surface area (Å²) in [5.74, 6) is -0.579. The van der Waals surface area contributed by atoms with Gasteiger partial charge in [0.25, 0.3) is 0 Å². The Morgan fingerprint density at radius 2 is 1.83 bits per heavy atom. The van der Waals surface area contributed by atoms with Crippen molar-refractivity contribution in [3.05, 3.63) is 63.1 Å². The van der Waals surface area contributed by atoms with E-state index in [0.717, 1.165) is 29.6 Å². The topological polar surface area (TPSA) is 90.6 Å². The number of hydrogen-bond acceptors (Lipinski definition) is 6. The number of carbonyl (C=O) groups excluding carboxylic acids is 1. The maximum absolute atomic E-state index is 13.3. The number of allylic oxidation sites excluding steroid dienone is 5. The molecule has 0 spiro atoms. The number of esters is 1. The van der Waals surface area contributed by atoms with Gasteiger partial charge in [-0.05, 0) is 31.3 Å². The summed E-state index contributed by atoms with van der Waals surface area (Å²) in [5, 5.41) is 8.95. The van der Waals surface area contributed by atoms with Crippen molar-refractivity contribution in [3.63, 3.8) is 0 Å². The van der Waals surface area contributed by atoms with Gasteiger partial charge in [-0.1, -0.05) is 52.8 Å². The number of ether oxygens (including phenoxy) is 3. The van der Waals surface area contributed by atoms with Gasteiger partial charge < -0.3 is 18.8 Å². The van der Waals surface area contributed by atoms with Gasteiger partial charge in [0.05, 0.1) is 25.5 Å². The molecule has 0 fully saturated rings. The molecule has 0 radical (unpaired) electrons. The summed E-state index contributed by atoms with van der Waals surface area (Å²) in [6.07, 6.45) is 8.95. The van der Waals surface area contributed by atoms with Gasteiger partial charge in [-0.2, -0.15) is 0 Å². The van der Waals surface area contributed by atoms with Crippen molar-refractivity contribution in [1.29, 1.82) is 5.41 Å². The van der Waals surface area contributed by atoms with Crippen LogP contribution in [0.4, 0.5) is 0 Å². The molecular weight excluding hydrogens is 456 g/mol. The molecule has 7 nitrogen and oxygen atoms in total. The minimum Gasteiger partial charge on any atom is -0.462 e. The highest BCUT2D eigenvalue weighted by Crippen LogP contribution is 2.39. The van der Waals surface area contributed by atoms with Crippen LogP contribution in [0.2, 0.25) is 0 Å². The van der Waals surface area contributed by atoms with Gasteiger partial charge in [0.15, 0.2) is 5.43 Å². The second-order valence-corrected chi connectivity index (χ2v) is 9.91. The van der Waals surface area contributed by atoms with E-state index in [1.165, 1.54) is 0 Å². The molecular formula is C29H42N2O5. The molecule has 2 rings (SSSR count). The number of nitrogens with one attached hydrogen (secondary N) is 1. The third-order valence-electron chi connectivity index (χ3n) is 6.84. The highest BCUT2D eigenvalue weighted by molar-refractivity contribution is 6.17. The second kappa shape index (κ2) is 13.0. The largest absolute Gasteiger partial charge is 0.462 e. The van der Waals surface area contributed by atoms with Crippen molar-refractivity contribution in [2.24, 2.45) is 11.3 Å². The summed E-state index contributed by atoms with van der Waals surface area (Å²) in [4.78, 5) is 26.0. The molecule has 1 aliphatic carbocycles. The molecule has 0 aliphatic heterocycles. The molecule has 1 aliphatic rings. The van der Waals surface area contributed by atoms with Gasteiger partial charge in [-0.25, -0.2) is 4.79 Å². The van der Waals surface area contributed by atoms with Crippen molar-refractivity contribution >= 4 is 17.3 Å². The van der Waals surface area contributed by atoms with E-state index in [-0.39, 0.29) is 35.0 Å². The first kappa shape index (κ1) is 29.5. The molecule has 7 heteroatoms. The van der Waals surface area contributed by atoms with Crippen LogP contribution in [0.1, 0.15) is 76.5 Å². The van der Waals surface area contributed by atoms with Gasteiger partial charge in [0.2, 0.25) is 0 Å². The number of carbonyl (C=O) groups is 1. The van der Waals surface area contributed by atoms with E-state index >= 15 is 0 Å². The molecule has 36 heavy (non-hydrogen) atoms. The minimum absolute atomic E-state index is 0.00926. The van der Waals surface area contributed by atoms with Crippen molar-refractivity contribution in [1.82, 2.24) is 4.57 Å². The lowest BCUT2D eigenvalue weighted by molar-refractivity contribution is 0.0515. The number of nitrogens with zero attached hydrogens (tertiary/aromatic N) is 1. The molecule has 2 unspecified atom stereocenters. The van der Waals surface area contributed by atoms with Gasteiger partial charge in [-0.15, -0.1) is 0 Å². The molecule has 1 N–H and O–H groups in total. The Balaban J connectivity index is 2.96. The Bertz CT molecular complexity index is 1110. The Morgan fingerprint density at radius 3 is 2.39 bits per heavy atom. The zero-order valence-corrected chi connectivity index (χ0v) is 23.1. The molecule has 2 atom stereocenters. The number of pyridine rings is 1. The van der Waals surface area contributed by atoms with E-state index in [4.69, 9.17) is 19.6 Å². The number of aromatic nitrogens is 1. The first-order valence-corrected chi connectivity index (χ1v) is 12.7. The summed E-state index contributed by atoms with van der Waals surface area (Å²) in [5.41, 5.74) is 2.85. The molecule has 1 aromatic heterocycles. The fraction of sp³-hybridized carbons (Fsp3) is 0.552. The Hall–Kier alpha value is -2.77. The van der Waals surface area contributed by atoms with Gasteiger partial charge in [0.1, 0.15) is 5.56 Å². The standard InChI is InChI=1S/C29H42N2O5/c1-9-19(4)26(21-14-12-13-20(17-34-7)27(21)30)23-15-24(32)22(28(33)36-11-3)16-31(23)25(10-2)29(5,6)18-35-8/h12-16,19,25,30H,9-11,17-18H2,1-8H3/b26-21+,30-27?. The molecule has 0 saturated carbocycles. The van der Waals surface area contributed by atoms with Crippen molar-refractivity contribution in [3.8, 4) is 0 Å². The van der Waals surface area contributed by atoms with Crippen molar-refractivity contribution < 1.29 is 19.0 Å². The molecule has 1 aromatic rings. The summed E-state index contributed by atoms with van der Waals surface area (Å²) < 4.78 is 18.1. The lowest BCUT2D eigenvalue weighted by Crippen LogP contribution is -2.34. The van der Waals surface area contributed by atoms with Crippen LogP contribution in [-0.2, 0) is 14.2 Å². The van der Waals surface area contributed by atoms with Crippen LogP contribution >= 0.6 is 0 Å². The normalized spacial score (nSPS) is 17.0. The van der Waals surface area contributed by atoms with Crippen LogP contribution in [0.25, 0.3) is 5.57 Å². The van der Waals surface area contributed by atoms with Crippen LogP contribution in [0.3, 0.4) is 0 Å². The zero-order valence-electron chi connectivity index (χ0n) is 23.1. The predicted octanol–water partition coefficient (Wildman–Crippen LogP) is 5.61. The summed E-state index contributed by atoms with van der Waals surface area (Å²) in [7, 11) is 3.29. The van der Waals surface area contributed by atoms with E-state index in [1.54, 1.807) is 33.4 Å². The lowest BCUT2D eigenvalue weighted by atomic mass is 9.81. The average molecular weight is 499 g/mol. The monoisotopic (exact) mass is 498 g/mol. The highest BCUT2D eigenvalue weighted by atomic mass is 16.5. The summed E-state index contributed by atoms with van der Waals surface area (Å²) in [6.45, 7) is 13.3. The Labute approximate surface area is 215 Å². The van der Waals surface area contributed by atoms with Crippen LogP contribution in [0, 0.1) is 16.7 Å². The van der Waals surface area contributed by atoms with Gasteiger partial charge >= 0.3 is 5.97 Å². The van der Waals surface area contributed by atoms with Crippen LogP contribution in [-0.4, -0.2) is 50.3 Å². The van der Waals surface area contributed by atoms with E-state index in [0.29, 0.717) is 24.6 Å². The SMILES string of the molecule is CCOC(=O)c1cn(C(CC)C(C)(C)COC)c(/C(=C2\C=CC=C(COC)C2=N)C(C)CC)cc1=O. The summed E-state index contributed by atoms with van der Waals surface area (Å²) in [6, 6.07) is 1.46. The smallest absolute Gasteiger partial charge is 0.343 e. The van der Waals surface area contributed by atoms with Crippen molar-refractivity contribution in [2.45, 2.75) is 60.4 Å². The van der Waals surface area contributed by atoms with Crippen LogP contribution in [0.5, 0.6) is 0 Å². The van der Waals surface area contributed by atoms with Crippen molar-refractivity contribution in [2.75, 3.05) is 34.0 Å². The van der Waals surface area contributed by atoms with E-state index in [2.05, 4.69) is 34.6 Å². The molecule has 0 amide bonds. The van der Waals surface area contributed by atoms with E-state index in [9.17, 15) is 9.59 Å². The summed E-state index contributed by atoms with van der Waals surface area (Å²) >= 11 is 0. The third-order valence-corrected chi connectivity index (χ3v) is 6.84.